The van der Waals surface area contributed by atoms with Crippen LogP contribution in [-0.4, -0.2) is 73.1 Å². The largest absolute Gasteiger partial charge is 0.497 e. The lowest BCUT2D eigenvalue weighted by atomic mass is 10.1. The van der Waals surface area contributed by atoms with Crippen LogP contribution in [0.25, 0.3) is 11.4 Å². The molecule has 0 bridgehead atoms. The molecule has 2 aromatic carbocycles. The van der Waals surface area contributed by atoms with Gasteiger partial charge in [0.05, 0.1) is 7.11 Å². The maximum absolute atomic E-state index is 12.9. The van der Waals surface area contributed by atoms with Crippen LogP contribution in [0.2, 0.25) is 0 Å². The third-order valence-corrected chi connectivity index (χ3v) is 5.78. The topological polar surface area (TPSA) is 99.7 Å². The normalized spacial score (nSPS) is 13.3. The molecule has 182 valence electrons. The molecule has 0 saturated carbocycles. The minimum atomic E-state index is -0.0674. The number of carbonyl (C=O) groups excluding carboxylic acids is 2. The number of benzene rings is 2. The zero-order valence-electron chi connectivity index (χ0n) is 20.0. The summed E-state index contributed by atoms with van der Waals surface area (Å²) in [6.07, 6.45) is 0. The number of amides is 2. The second kappa shape index (κ2) is 11.3. The van der Waals surface area contributed by atoms with Gasteiger partial charge in [0.25, 0.3) is 5.91 Å². The van der Waals surface area contributed by atoms with Crippen molar-refractivity contribution in [3.8, 4) is 17.1 Å². The van der Waals surface area contributed by atoms with Crippen LogP contribution in [0, 0.1) is 0 Å². The summed E-state index contributed by atoms with van der Waals surface area (Å²) in [5.74, 6) is 2.79. The molecule has 9 heteroatoms. The van der Waals surface area contributed by atoms with E-state index < -0.39 is 0 Å². The molecule has 0 spiro atoms. The highest BCUT2D eigenvalue weighted by Crippen LogP contribution is 2.24. The summed E-state index contributed by atoms with van der Waals surface area (Å²) in [4.78, 5) is 37.6. The lowest BCUT2D eigenvalue weighted by Gasteiger charge is -2.35. The summed E-state index contributed by atoms with van der Waals surface area (Å²) in [5, 5.41) is 6.06. The van der Waals surface area contributed by atoms with Gasteiger partial charge >= 0.3 is 0 Å². The SMILES string of the molecule is COc1ccc(C(=O)N2CCN(c3cc(NCCNC(C)=O)nc(-c4ccccc4)n3)CC2)cc1. The predicted molar refractivity (Wildman–Crippen MR) is 136 cm³/mol. The fraction of sp³-hybridized carbons (Fsp3) is 0.308. The summed E-state index contributed by atoms with van der Waals surface area (Å²) in [5.41, 5.74) is 1.57. The fourth-order valence-electron chi connectivity index (χ4n) is 3.89. The molecule has 35 heavy (non-hydrogen) atoms. The zero-order valence-corrected chi connectivity index (χ0v) is 20.0. The molecule has 1 aliphatic heterocycles. The molecular weight excluding hydrogens is 444 g/mol. The molecule has 1 aromatic heterocycles. The van der Waals surface area contributed by atoms with E-state index in [0.717, 1.165) is 17.1 Å². The Morgan fingerprint density at radius 2 is 1.66 bits per heavy atom. The summed E-state index contributed by atoms with van der Waals surface area (Å²) >= 11 is 0. The van der Waals surface area contributed by atoms with Gasteiger partial charge in [-0.25, -0.2) is 9.97 Å². The first-order valence-corrected chi connectivity index (χ1v) is 11.6. The second-order valence-corrected chi connectivity index (χ2v) is 8.22. The molecule has 1 aliphatic rings. The average Bonchev–Trinajstić information content (AvgIpc) is 2.91. The molecule has 9 nitrogen and oxygen atoms in total. The Bertz CT molecular complexity index is 1150. The summed E-state index contributed by atoms with van der Waals surface area (Å²) in [6, 6.07) is 18.9. The molecule has 1 fully saturated rings. The van der Waals surface area contributed by atoms with Crippen LogP contribution in [-0.2, 0) is 4.79 Å². The van der Waals surface area contributed by atoms with Crippen molar-refractivity contribution in [2.24, 2.45) is 0 Å². The third-order valence-electron chi connectivity index (χ3n) is 5.78. The molecule has 2 heterocycles. The van der Waals surface area contributed by atoms with E-state index in [9.17, 15) is 9.59 Å². The minimum absolute atomic E-state index is 0.0142. The Morgan fingerprint density at radius 3 is 2.31 bits per heavy atom. The number of ether oxygens (including phenoxy) is 1. The number of hydrogen-bond acceptors (Lipinski definition) is 7. The molecule has 0 aliphatic carbocycles. The number of methoxy groups -OCH3 is 1. The van der Waals surface area contributed by atoms with Gasteiger partial charge in [-0.3, -0.25) is 9.59 Å². The van der Waals surface area contributed by atoms with E-state index in [2.05, 4.69) is 20.5 Å². The first-order chi connectivity index (χ1) is 17.0. The van der Waals surface area contributed by atoms with Crippen molar-refractivity contribution in [1.29, 1.82) is 0 Å². The lowest BCUT2D eigenvalue weighted by Crippen LogP contribution is -2.49. The van der Waals surface area contributed by atoms with E-state index in [-0.39, 0.29) is 11.8 Å². The van der Waals surface area contributed by atoms with Crippen molar-refractivity contribution in [1.82, 2.24) is 20.2 Å². The molecule has 2 amide bonds. The number of rotatable bonds is 8. The highest BCUT2D eigenvalue weighted by atomic mass is 16.5. The van der Waals surface area contributed by atoms with Gasteiger partial charge in [0.1, 0.15) is 17.4 Å². The van der Waals surface area contributed by atoms with Gasteiger partial charge < -0.3 is 25.2 Å². The van der Waals surface area contributed by atoms with E-state index in [1.165, 1.54) is 6.92 Å². The maximum Gasteiger partial charge on any atom is 0.253 e. The van der Waals surface area contributed by atoms with Crippen molar-refractivity contribution in [2.45, 2.75) is 6.92 Å². The molecule has 2 N–H and O–H groups in total. The number of hydrogen-bond donors (Lipinski definition) is 2. The average molecular weight is 475 g/mol. The van der Waals surface area contributed by atoms with Crippen molar-refractivity contribution >= 4 is 23.5 Å². The Morgan fingerprint density at radius 1 is 0.943 bits per heavy atom. The van der Waals surface area contributed by atoms with E-state index in [0.29, 0.717) is 56.5 Å². The smallest absolute Gasteiger partial charge is 0.253 e. The fourth-order valence-corrected chi connectivity index (χ4v) is 3.89. The number of nitrogens with one attached hydrogen (secondary N) is 2. The Kier molecular flexibility index (Phi) is 7.77. The van der Waals surface area contributed by atoms with Gasteiger partial charge in [0, 0.05) is 63.4 Å². The summed E-state index contributed by atoms with van der Waals surface area (Å²) in [7, 11) is 1.61. The van der Waals surface area contributed by atoms with Crippen LogP contribution in [0.5, 0.6) is 5.75 Å². The number of anilines is 2. The van der Waals surface area contributed by atoms with Crippen LogP contribution in [0.15, 0.2) is 60.7 Å². The van der Waals surface area contributed by atoms with Crippen LogP contribution < -0.4 is 20.3 Å². The highest BCUT2D eigenvalue weighted by Gasteiger charge is 2.24. The number of nitrogens with zero attached hydrogens (tertiary/aromatic N) is 4. The summed E-state index contributed by atoms with van der Waals surface area (Å²) < 4.78 is 5.18. The van der Waals surface area contributed by atoms with E-state index in [1.54, 1.807) is 31.4 Å². The Hall–Kier alpha value is -4.14. The standard InChI is InChI=1S/C26H30N6O3/c1-19(33)27-12-13-28-23-18-24(30-25(29-23)20-6-4-3-5-7-20)31-14-16-32(17-15-31)26(34)21-8-10-22(35-2)11-9-21/h3-11,18H,12-17H2,1-2H3,(H,27,33)(H,28,29,30). The van der Waals surface area contributed by atoms with Crippen LogP contribution in [0.3, 0.4) is 0 Å². The van der Waals surface area contributed by atoms with Gasteiger partial charge in [-0.2, -0.15) is 0 Å². The predicted octanol–water partition coefficient (Wildman–Crippen LogP) is 2.66. The van der Waals surface area contributed by atoms with Gasteiger partial charge in [-0.15, -0.1) is 0 Å². The van der Waals surface area contributed by atoms with Gasteiger partial charge in [0.15, 0.2) is 5.82 Å². The third kappa shape index (κ3) is 6.26. The minimum Gasteiger partial charge on any atom is -0.497 e. The molecular formula is C26H30N6O3. The van der Waals surface area contributed by atoms with Crippen LogP contribution >= 0.6 is 0 Å². The van der Waals surface area contributed by atoms with Crippen LogP contribution in [0.1, 0.15) is 17.3 Å². The molecule has 4 rings (SSSR count). The molecule has 0 atom stereocenters. The highest BCUT2D eigenvalue weighted by molar-refractivity contribution is 5.94. The van der Waals surface area contributed by atoms with Gasteiger partial charge in [-0.05, 0) is 24.3 Å². The van der Waals surface area contributed by atoms with Gasteiger partial charge in [-0.1, -0.05) is 30.3 Å². The number of carbonyl (C=O) groups is 2. The summed E-state index contributed by atoms with van der Waals surface area (Å²) in [6.45, 7) is 5.07. The maximum atomic E-state index is 12.9. The van der Waals surface area contributed by atoms with Crippen molar-refractivity contribution in [2.75, 3.05) is 56.6 Å². The number of aromatic nitrogens is 2. The van der Waals surface area contributed by atoms with E-state index in [4.69, 9.17) is 9.72 Å². The quantitative estimate of drug-likeness (QED) is 0.484. The van der Waals surface area contributed by atoms with Crippen molar-refractivity contribution in [3.63, 3.8) is 0 Å². The van der Waals surface area contributed by atoms with Crippen LogP contribution in [0.4, 0.5) is 11.6 Å². The van der Waals surface area contributed by atoms with E-state index >= 15 is 0 Å². The molecule has 0 radical (unpaired) electrons. The number of piperazine rings is 1. The Labute approximate surface area is 205 Å². The molecule has 0 unspecified atom stereocenters. The van der Waals surface area contributed by atoms with Gasteiger partial charge in [0.2, 0.25) is 5.91 Å². The first kappa shape index (κ1) is 24.0. The van der Waals surface area contributed by atoms with Crippen molar-refractivity contribution in [3.05, 3.63) is 66.2 Å². The molecule has 3 aromatic rings. The Balaban J connectivity index is 1.46. The lowest BCUT2D eigenvalue weighted by molar-refractivity contribution is -0.118. The van der Waals surface area contributed by atoms with E-state index in [1.807, 2.05) is 41.3 Å². The van der Waals surface area contributed by atoms with Crippen molar-refractivity contribution < 1.29 is 14.3 Å². The monoisotopic (exact) mass is 474 g/mol. The molecule has 1 saturated heterocycles. The second-order valence-electron chi connectivity index (χ2n) is 8.22. The first-order valence-electron chi connectivity index (χ1n) is 11.6. The zero-order chi connectivity index (χ0) is 24.6.